The molecule has 0 aliphatic carbocycles. The van der Waals surface area contributed by atoms with E-state index in [1.54, 1.807) is 0 Å². The molecule has 1 saturated heterocycles. The number of ether oxygens (including phenoxy) is 1. The second-order valence-corrected chi connectivity index (χ2v) is 5.03. The summed E-state index contributed by atoms with van der Waals surface area (Å²) >= 11 is 5.18. The summed E-state index contributed by atoms with van der Waals surface area (Å²) in [7, 11) is 0. The third-order valence-corrected chi connectivity index (χ3v) is 3.09. The van der Waals surface area contributed by atoms with E-state index in [1.807, 2.05) is 6.07 Å². The standard InChI is InChI=1S/C12H18N2OS/c1-8(2)10-7-12(16)14-11(13-10)6-9-4-3-5-15-9/h7-9H,3-6H2,1-2H3,(H,13,14,16). The van der Waals surface area contributed by atoms with E-state index in [1.165, 1.54) is 0 Å². The molecule has 1 aliphatic heterocycles. The Morgan fingerprint density at radius 1 is 1.62 bits per heavy atom. The van der Waals surface area contributed by atoms with E-state index in [9.17, 15) is 0 Å². The Kier molecular flexibility index (Phi) is 3.71. The van der Waals surface area contributed by atoms with Gasteiger partial charge in [0.25, 0.3) is 0 Å². The van der Waals surface area contributed by atoms with Crippen molar-refractivity contribution in [1.29, 1.82) is 0 Å². The number of nitrogens with one attached hydrogen (secondary N) is 1. The second kappa shape index (κ2) is 5.06. The Morgan fingerprint density at radius 2 is 2.44 bits per heavy atom. The molecule has 1 atom stereocenters. The number of rotatable bonds is 3. The van der Waals surface area contributed by atoms with Crippen molar-refractivity contribution in [3.8, 4) is 0 Å². The van der Waals surface area contributed by atoms with Gasteiger partial charge in [-0.15, -0.1) is 0 Å². The van der Waals surface area contributed by atoms with E-state index in [0.717, 1.165) is 37.4 Å². The van der Waals surface area contributed by atoms with E-state index in [4.69, 9.17) is 17.0 Å². The fourth-order valence-corrected chi connectivity index (χ4v) is 2.19. The van der Waals surface area contributed by atoms with Crippen LogP contribution in [0.1, 0.15) is 44.1 Å². The summed E-state index contributed by atoms with van der Waals surface area (Å²) in [6, 6.07) is 1.94. The predicted molar refractivity (Wildman–Crippen MR) is 66.2 cm³/mol. The van der Waals surface area contributed by atoms with E-state index in [0.29, 0.717) is 16.7 Å². The van der Waals surface area contributed by atoms with Crippen molar-refractivity contribution in [2.45, 2.75) is 45.1 Å². The molecule has 1 aromatic rings. The van der Waals surface area contributed by atoms with Crippen LogP contribution in [0.4, 0.5) is 0 Å². The summed E-state index contributed by atoms with van der Waals surface area (Å²) in [5.41, 5.74) is 1.16. The highest BCUT2D eigenvalue weighted by atomic mass is 32.1. The zero-order valence-corrected chi connectivity index (χ0v) is 10.6. The van der Waals surface area contributed by atoms with Crippen LogP contribution in [0.2, 0.25) is 0 Å². The molecule has 1 fully saturated rings. The molecule has 0 amide bonds. The average Bonchev–Trinajstić information content (AvgIpc) is 2.69. The molecular formula is C12H18N2OS. The number of H-pyrrole nitrogens is 1. The van der Waals surface area contributed by atoms with Crippen molar-refractivity contribution in [3.63, 3.8) is 0 Å². The van der Waals surface area contributed by atoms with Gasteiger partial charge in [-0.3, -0.25) is 0 Å². The van der Waals surface area contributed by atoms with Crippen LogP contribution in [0, 0.1) is 4.64 Å². The Labute approximate surface area is 101 Å². The van der Waals surface area contributed by atoms with Crippen LogP contribution in [0.5, 0.6) is 0 Å². The largest absolute Gasteiger partial charge is 0.378 e. The van der Waals surface area contributed by atoms with Crippen LogP contribution in [0.3, 0.4) is 0 Å². The molecule has 0 aromatic carbocycles. The molecule has 2 heterocycles. The maximum Gasteiger partial charge on any atom is 0.129 e. The van der Waals surface area contributed by atoms with Crippen molar-refractivity contribution in [2.24, 2.45) is 0 Å². The lowest BCUT2D eigenvalue weighted by Crippen LogP contribution is -2.12. The fraction of sp³-hybridized carbons (Fsp3) is 0.667. The van der Waals surface area contributed by atoms with Gasteiger partial charge in [-0.2, -0.15) is 0 Å². The molecule has 0 radical (unpaired) electrons. The molecule has 1 aliphatic rings. The lowest BCUT2D eigenvalue weighted by molar-refractivity contribution is 0.110. The first-order valence-corrected chi connectivity index (χ1v) is 6.27. The molecule has 1 N–H and O–H groups in total. The molecule has 1 aromatic heterocycles. The number of hydrogen-bond donors (Lipinski definition) is 1. The molecule has 2 rings (SSSR count). The Balaban J connectivity index is 2.16. The van der Waals surface area contributed by atoms with Crippen LogP contribution in [0.25, 0.3) is 0 Å². The number of aromatic amines is 1. The molecule has 1 unspecified atom stereocenters. The summed E-state index contributed by atoms with van der Waals surface area (Å²) in [6.45, 7) is 5.18. The highest BCUT2D eigenvalue weighted by Gasteiger charge is 2.17. The minimum absolute atomic E-state index is 0.320. The van der Waals surface area contributed by atoms with Gasteiger partial charge in [0.1, 0.15) is 10.5 Å². The highest BCUT2D eigenvalue weighted by molar-refractivity contribution is 7.71. The van der Waals surface area contributed by atoms with Crippen molar-refractivity contribution < 1.29 is 4.74 Å². The number of hydrogen-bond acceptors (Lipinski definition) is 3. The van der Waals surface area contributed by atoms with Gasteiger partial charge >= 0.3 is 0 Å². The van der Waals surface area contributed by atoms with Crippen LogP contribution in [-0.4, -0.2) is 22.7 Å². The maximum atomic E-state index is 5.60. The van der Waals surface area contributed by atoms with E-state index >= 15 is 0 Å². The van der Waals surface area contributed by atoms with Crippen LogP contribution >= 0.6 is 12.2 Å². The van der Waals surface area contributed by atoms with Crippen molar-refractivity contribution >= 4 is 12.2 Å². The van der Waals surface area contributed by atoms with Gasteiger partial charge in [0.05, 0.1) is 6.10 Å². The molecular weight excluding hydrogens is 220 g/mol. The van der Waals surface area contributed by atoms with Gasteiger partial charge in [-0.05, 0) is 24.8 Å². The van der Waals surface area contributed by atoms with E-state index in [-0.39, 0.29) is 0 Å². The third kappa shape index (κ3) is 2.89. The van der Waals surface area contributed by atoms with Gasteiger partial charge in [0, 0.05) is 18.7 Å². The van der Waals surface area contributed by atoms with Gasteiger partial charge in [0.2, 0.25) is 0 Å². The smallest absolute Gasteiger partial charge is 0.129 e. The lowest BCUT2D eigenvalue weighted by Gasteiger charge is -2.11. The quantitative estimate of drug-likeness (QED) is 0.823. The SMILES string of the molecule is CC(C)c1cc(=S)nc(CC2CCCO2)[nH]1. The van der Waals surface area contributed by atoms with Crippen LogP contribution < -0.4 is 0 Å². The Hall–Kier alpha value is -0.740. The zero-order chi connectivity index (χ0) is 11.5. The molecule has 16 heavy (non-hydrogen) atoms. The summed E-state index contributed by atoms with van der Waals surface area (Å²) in [5, 5.41) is 0. The van der Waals surface area contributed by atoms with Crippen LogP contribution in [-0.2, 0) is 11.2 Å². The third-order valence-electron chi connectivity index (χ3n) is 2.88. The molecule has 4 heteroatoms. The maximum absolute atomic E-state index is 5.60. The summed E-state index contributed by atoms with van der Waals surface area (Å²) in [4.78, 5) is 7.71. The first-order chi connectivity index (χ1) is 7.65. The van der Waals surface area contributed by atoms with Gasteiger partial charge in [-0.1, -0.05) is 26.1 Å². The first kappa shape index (κ1) is 11.7. The summed E-state index contributed by atoms with van der Waals surface area (Å²) < 4.78 is 6.28. The van der Waals surface area contributed by atoms with E-state index < -0.39 is 0 Å². The average molecular weight is 238 g/mol. The van der Waals surface area contributed by atoms with E-state index in [2.05, 4.69) is 23.8 Å². The van der Waals surface area contributed by atoms with Crippen LogP contribution in [0.15, 0.2) is 6.07 Å². The molecule has 0 saturated carbocycles. The lowest BCUT2D eigenvalue weighted by atomic mass is 10.1. The summed E-state index contributed by atoms with van der Waals surface area (Å²) in [6.07, 6.45) is 3.47. The van der Waals surface area contributed by atoms with Crippen molar-refractivity contribution in [3.05, 3.63) is 22.2 Å². The Morgan fingerprint density at radius 3 is 3.06 bits per heavy atom. The number of nitrogens with zero attached hydrogens (tertiary/aromatic N) is 1. The van der Waals surface area contributed by atoms with Crippen molar-refractivity contribution in [1.82, 2.24) is 9.97 Å². The molecule has 88 valence electrons. The van der Waals surface area contributed by atoms with Gasteiger partial charge < -0.3 is 9.72 Å². The minimum atomic E-state index is 0.320. The number of aromatic nitrogens is 2. The van der Waals surface area contributed by atoms with Gasteiger partial charge in [0.15, 0.2) is 0 Å². The molecule has 3 nitrogen and oxygen atoms in total. The van der Waals surface area contributed by atoms with Crippen molar-refractivity contribution in [2.75, 3.05) is 6.61 Å². The first-order valence-electron chi connectivity index (χ1n) is 5.87. The monoisotopic (exact) mass is 238 g/mol. The van der Waals surface area contributed by atoms with Gasteiger partial charge in [-0.25, -0.2) is 4.98 Å². The zero-order valence-electron chi connectivity index (χ0n) is 9.82. The molecule has 0 bridgehead atoms. The predicted octanol–water partition coefficient (Wildman–Crippen LogP) is 2.98. The normalized spacial score (nSPS) is 20.6. The highest BCUT2D eigenvalue weighted by Crippen LogP contribution is 2.17. The summed E-state index contributed by atoms with van der Waals surface area (Å²) in [5.74, 6) is 1.41. The minimum Gasteiger partial charge on any atom is -0.378 e. The fourth-order valence-electron chi connectivity index (χ4n) is 1.96. The Bertz CT molecular complexity index is 408. The molecule has 0 spiro atoms. The topological polar surface area (TPSA) is 37.9 Å². The second-order valence-electron chi connectivity index (χ2n) is 4.62.